The van der Waals surface area contributed by atoms with E-state index in [1.165, 1.54) is 16.6 Å². The predicted octanol–water partition coefficient (Wildman–Crippen LogP) is 3.17. The van der Waals surface area contributed by atoms with Crippen LogP contribution in [-0.4, -0.2) is 17.1 Å². The van der Waals surface area contributed by atoms with E-state index < -0.39 is 0 Å². The zero-order chi connectivity index (χ0) is 12.5. The van der Waals surface area contributed by atoms with Crippen molar-refractivity contribution in [2.75, 3.05) is 0 Å². The van der Waals surface area contributed by atoms with Gasteiger partial charge in [0.25, 0.3) is 6.47 Å². The number of benzene rings is 1. The number of rotatable bonds is 1. The van der Waals surface area contributed by atoms with E-state index in [0.717, 1.165) is 5.52 Å². The summed E-state index contributed by atoms with van der Waals surface area (Å²) in [5.74, 6) is 0. The molecule has 0 N–H and O–H groups in total. The lowest BCUT2D eigenvalue weighted by atomic mass is 10.2. The molecule has 0 saturated carbocycles. The van der Waals surface area contributed by atoms with Crippen LogP contribution in [0.25, 0.3) is 22.2 Å². The Morgan fingerprint density at radius 2 is 1.94 bits per heavy atom. The molecule has 1 heterocycles. The topological polar surface area (TPSA) is 39.2 Å². The fourth-order valence-electron chi connectivity index (χ4n) is 1.48. The third-order valence-electron chi connectivity index (χ3n) is 2.31. The number of nitrogens with zero attached hydrogens (tertiary/aromatic N) is 1. The zero-order valence-corrected chi connectivity index (χ0v) is 10.2. The van der Waals surface area contributed by atoms with Crippen LogP contribution in [0.2, 0.25) is 0 Å². The van der Waals surface area contributed by atoms with Crippen LogP contribution >= 0.6 is 0 Å². The van der Waals surface area contributed by atoms with Gasteiger partial charge < -0.3 is 4.74 Å². The van der Waals surface area contributed by atoms with E-state index >= 15 is 0 Å². The van der Waals surface area contributed by atoms with Gasteiger partial charge in [-0.25, -0.2) is 4.98 Å². The van der Waals surface area contributed by atoms with Crippen LogP contribution in [0.3, 0.4) is 0 Å². The first-order chi connectivity index (χ1) is 8.01. The Morgan fingerprint density at radius 3 is 2.47 bits per heavy atom. The molecule has 3 nitrogen and oxygen atoms in total. The normalized spacial score (nSPS) is 11.5. The van der Waals surface area contributed by atoms with Gasteiger partial charge >= 0.3 is 0 Å². The number of pyridine rings is 1. The van der Waals surface area contributed by atoms with Crippen LogP contribution in [0.4, 0.5) is 0 Å². The number of hydrogen-bond acceptors (Lipinski definition) is 3. The number of para-hydroxylation sites is 1. The van der Waals surface area contributed by atoms with Crippen molar-refractivity contribution in [1.29, 1.82) is 0 Å². The van der Waals surface area contributed by atoms with Gasteiger partial charge in [0, 0.05) is 10.9 Å². The monoisotopic (exact) mass is 229 g/mol. The van der Waals surface area contributed by atoms with Crippen molar-refractivity contribution in [3.63, 3.8) is 0 Å². The molecule has 0 spiro atoms. The Kier molecular flexibility index (Phi) is 2.84. The van der Waals surface area contributed by atoms with Crippen LogP contribution in [0.15, 0.2) is 30.3 Å². The summed E-state index contributed by atoms with van der Waals surface area (Å²) in [7, 11) is 0. The van der Waals surface area contributed by atoms with Crippen molar-refractivity contribution in [2.45, 2.75) is 26.4 Å². The third-order valence-corrected chi connectivity index (χ3v) is 2.31. The average molecular weight is 229 g/mol. The number of fused-ring (bicyclic) bond motifs is 3. The Balaban J connectivity index is 0.000000139. The largest absolute Gasteiger partial charge is 0.462 e. The van der Waals surface area contributed by atoms with Crippen LogP contribution in [0.5, 0.6) is 0 Å². The molecule has 1 aliphatic carbocycles. The molecule has 88 valence electrons. The maximum atomic E-state index is 9.60. The SMILES string of the molecule is CC(C)(C)OC=O.c1ccc2c3cc-3nc2c1. The first-order valence-corrected chi connectivity index (χ1v) is 5.53. The lowest BCUT2D eigenvalue weighted by molar-refractivity contribution is -0.138. The summed E-state index contributed by atoms with van der Waals surface area (Å²) in [6.45, 7) is 5.92. The van der Waals surface area contributed by atoms with Crippen molar-refractivity contribution < 1.29 is 9.53 Å². The van der Waals surface area contributed by atoms with Gasteiger partial charge in [0.05, 0.1) is 11.2 Å². The number of carbonyl (C=O) groups is 1. The summed E-state index contributed by atoms with van der Waals surface area (Å²) in [5.41, 5.74) is 3.34. The molecule has 0 unspecified atom stereocenters. The second kappa shape index (κ2) is 4.17. The maximum Gasteiger partial charge on any atom is 0.293 e. The van der Waals surface area contributed by atoms with Crippen LogP contribution in [0, 0.1) is 0 Å². The zero-order valence-electron chi connectivity index (χ0n) is 10.2. The Hall–Kier alpha value is -1.90. The second-order valence-corrected chi connectivity index (χ2v) is 4.90. The van der Waals surface area contributed by atoms with Crippen molar-refractivity contribution in [3.05, 3.63) is 30.3 Å². The van der Waals surface area contributed by atoms with Crippen molar-refractivity contribution in [1.82, 2.24) is 4.98 Å². The van der Waals surface area contributed by atoms with E-state index in [1.807, 2.05) is 26.8 Å². The fraction of sp³-hybridized carbons (Fsp3) is 0.286. The van der Waals surface area contributed by atoms with Crippen molar-refractivity contribution >= 4 is 17.4 Å². The summed E-state index contributed by atoms with van der Waals surface area (Å²) < 4.78 is 4.55. The number of aromatic nitrogens is 1. The van der Waals surface area contributed by atoms with Gasteiger partial charge in [0.1, 0.15) is 5.60 Å². The highest BCUT2D eigenvalue weighted by molar-refractivity contribution is 6.04. The van der Waals surface area contributed by atoms with Gasteiger partial charge in [-0.3, -0.25) is 4.79 Å². The molecule has 0 amide bonds. The molecule has 3 rings (SSSR count). The summed E-state index contributed by atoms with van der Waals surface area (Å²) >= 11 is 0. The van der Waals surface area contributed by atoms with Crippen molar-refractivity contribution in [2.24, 2.45) is 0 Å². The van der Waals surface area contributed by atoms with Gasteiger partial charge in [-0.05, 0) is 32.9 Å². The molecule has 0 atom stereocenters. The maximum absolute atomic E-state index is 9.60. The number of ether oxygens (including phenoxy) is 1. The molecular weight excluding hydrogens is 214 g/mol. The van der Waals surface area contributed by atoms with E-state index in [4.69, 9.17) is 0 Å². The number of hydrogen-bond donors (Lipinski definition) is 0. The lowest BCUT2D eigenvalue weighted by Gasteiger charge is -2.14. The Labute approximate surface area is 100 Å². The Morgan fingerprint density at radius 1 is 1.24 bits per heavy atom. The van der Waals surface area contributed by atoms with Crippen LogP contribution in [0.1, 0.15) is 20.8 Å². The van der Waals surface area contributed by atoms with Crippen molar-refractivity contribution in [3.8, 4) is 11.3 Å². The van der Waals surface area contributed by atoms with Crippen LogP contribution < -0.4 is 0 Å². The summed E-state index contributed by atoms with van der Waals surface area (Å²) in [4.78, 5) is 13.9. The Bertz CT molecular complexity index is 556. The van der Waals surface area contributed by atoms with Crippen LogP contribution in [-0.2, 0) is 9.53 Å². The molecule has 0 fully saturated rings. The quantitative estimate of drug-likeness (QED) is 0.602. The van der Waals surface area contributed by atoms with E-state index in [0.29, 0.717) is 6.47 Å². The average Bonchev–Trinajstić information content (AvgIpc) is 2.90. The minimum absolute atomic E-state index is 0.318. The summed E-state index contributed by atoms with van der Waals surface area (Å²) in [5, 5.41) is 1.30. The molecule has 3 heteroatoms. The number of carbonyl (C=O) groups excluding carboxylic acids is 1. The molecular formula is C14H15NO2. The van der Waals surface area contributed by atoms with Gasteiger partial charge in [-0.1, -0.05) is 18.2 Å². The van der Waals surface area contributed by atoms with Gasteiger partial charge in [-0.15, -0.1) is 0 Å². The molecule has 1 aromatic rings. The minimum atomic E-state index is -0.318. The lowest BCUT2D eigenvalue weighted by Crippen LogP contribution is -2.17. The first-order valence-electron chi connectivity index (χ1n) is 5.53. The molecule has 0 radical (unpaired) electrons. The minimum Gasteiger partial charge on any atom is -0.462 e. The van der Waals surface area contributed by atoms with E-state index in [2.05, 4.69) is 34.0 Å². The standard InChI is InChI=1S/C9H5N.C5H10O2/c1-2-4-8-6(3-1)7-5-9(7)10-8;1-5(2,3)7-4-6/h1-5H;4H,1-3H3. The van der Waals surface area contributed by atoms with E-state index in [1.54, 1.807) is 0 Å². The molecule has 17 heavy (non-hydrogen) atoms. The molecule has 0 aromatic heterocycles. The highest BCUT2D eigenvalue weighted by atomic mass is 16.5. The third kappa shape index (κ3) is 2.81. The molecule has 1 aromatic carbocycles. The molecule has 0 bridgehead atoms. The second-order valence-electron chi connectivity index (χ2n) is 4.90. The van der Waals surface area contributed by atoms with E-state index in [-0.39, 0.29) is 5.60 Å². The molecule has 0 saturated heterocycles. The summed E-state index contributed by atoms with van der Waals surface area (Å²) in [6.07, 6.45) is 0. The summed E-state index contributed by atoms with van der Waals surface area (Å²) in [6, 6.07) is 10.4. The van der Waals surface area contributed by atoms with E-state index in [9.17, 15) is 4.79 Å². The smallest absolute Gasteiger partial charge is 0.293 e. The highest BCUT2D eigenvalue weighted by Gasteiger charge is 2.18. The first kappa shape index (κ1) is 11.6. The molecule has 1 aliphatic heterocycles. The fourth-order valence-corrected chi connectivity index (χ4v) is 1.48. The van der Waals surface area contributed by atoms with Gasteiger partial charge in [-0.2, -0.15) is 0 Å². The van der Waals surface area contributed by atoms with Gasteiger partial charge in [0.15, 0.2) is 0 Å². The molecule has 2 aliphatic rings. The highest BCUT2D eigenvalue weighted by Crippen LogP contribution is 2.39. The van der Waals surface area contributed by atoms with Gasteiger partial charge in [0.2, 0.25) is 0 Å². The predicted molar refractivity (Wildman–Crippen MR) is 67.6 cm³/mol.